The second-order valence-corrected chi connectivity index (χ2v) is 10.9. The molecule has 0 bridgehead atoms. The first-order valence-electron chi connectivity index (χ1n) is 14.6. The molecule has 5 heteroatoms. The number of ketones is 2. The molecule has 0 aromatic heterocycles. The van der Waals surface area contributed by atoms with Gasteiger partial charge in [-0.15, -0.1) is 0 Å². The highest BCUT2D eigenvalue weighted by Crippen LogP contribution is 2.28. The van der Waals surface area contributed by atoms with Gasteiger partial charge in [0.2, 0.25) is 11.6 Å². The molecule has 0 saturated carbocycles. The first kappa shape index (κ1) is 30.7. The fourth-order valence-corrected chi connectivity index (χ4v) is 6.25. The molecule has 0 aliphatic heterocycles. The second-order valence-electron chi connectivity index (χ2n) is 10.9. The van der Waals surface area contributed by atoms with Gasteiger partial charge in [-0.2, -0.15) is 0 Å². The van der Waals surface area contributed by atoms with Gasteiger partial charge in [0.25, 0.3) is 0 Å². The molecule has 4 aromatic rings. The number of benzene rings is 4. The zero-order valence-corrected chi connectivity index (χ0v) is 25.4. The third-order valence-corrected chi connectivity index (χ3v) is 8.91. The van der Waals surface area contributed by atoms with Crippen molar-refractivity contribution < 1.29 is 24.0 Å². The van der Waals surface area contributed by atoms with Crippen LogP contribution in [-0.2, 0) is 12.8 Å². The van der Waals surface area contributed by atoms with Crippen LogP contribution in [0.3, 0.4) is 0 Å². The maximum Gasteiger partial charge on any atom is 0.223 e. The Kier molecular flexibility index (Phi) is 9.97. The first-order valence-corrected chi connectivity index (χ1v) is 14.6. The number of ether oxygens (including phenoxy) is 2. The van der Waals surface area contributed by atoms with Crippen LogP contribution in [-0.4, -0.2) is 43.9 Å². The van der Waals surface area contributed by atoms with Crippen LogP contribution in [0, 0.1) is 0 Å². The number of likely N-dealkylation sites (N-methyl/N-ethyl adjacent to an activating group) is 1. The number of methoxy groups -OCH3 is 2. The quantitative estimate of drug-likeness (QED) is 0.189. The predicted molar refractivity (Wildman–Crippen MR) is 168 cm³/mol. The van der Waals surface area contributed by atoms with Crippen LogP contribution in [0.5, 0.6) is 11.5 Å². The van der Waals surface area contributed by atoms with E-state index >= 15 is 0 Å². The van der Waals surface area contributed by atoms with Crippen molar-refractivity contribution in [2.24, 2.45) is 0 Å². The van der Waals surface area contributed by atoms with E-state index in [0.717, 1.165) is 16.0 Å². The molecule has 218 valence electrons. The summed E-state index contributed by atoms with van der Waals surface area (Å²) in [6.45, 7) is 4.13. The Hall–Kier alpha value is -4.22. The zero-order valence-electron chi connectivity index (χ0n) is 25.4. The van der Waals surface area contributed by atoms with Gasteiger partial charge >= 0.3 is 0 Å². The summed E-state index contributed by atoms with van der Waals surface area (Å²) in [5, 5.41) is 0. The van der Waals surface area contributed by atoms with Gasteiger partial charge in [-0.1, -0.05) is 74.5 Å². The molecule has 0 spiro atoms. The third-order valence-electron chi connectivity index (χ3n) is 8.91. The minimum atomic E-state index is -0.928. The fraction of sp³-hybridized carbons (Fsp3) is 0.297. The number of rotatable bonds is 14. The minimum Gasteiger partial charge on any atom is -0.497 e. The average Bonchev–Trinajstić information content (AvgIpc) is 3.06. The van der Waals surface area contributed by atoms with Crippen LogP contribution in [0.25, 0.3) is 0 Å². The van der Waals surface area contributed by atoms with Gasteiger partial charge in [0.1, 0.15) is 11.5 Å². The highest BCUT2D eigenvalue weighted by atomic mass is 16.5. The summed E-state index contributed by atoms with van der Waals surface area (Å²) in [5.74, 6) is 1.42. The number of nitrogens with one attached hydrogen (secondary N) is 1. The minimum absolute atomic E-state index is 0.0161. The molecule has 2 unspecified atom stereocenters. The summed E-state index contributed by atoms with van der Waals surface area (Å²) in [7, 11) is 5.27. The Labute approximate surface area is 250 Å². The van der Waals surface area contributed by atoms with E-state index in [4.69, 9.17) is 9.47 Å². The van der Waals surface area contributed by atoms with E-state index in [-0.39, 0.29) is 11.6 Å². The normalized spacial score (nSPS) is 14.7. The smallest absolute Gasteiger partial charge is 0.223 e. The molecule has 0 fully saturated rings. The number of hydrogen-bond acceptors (Lipinski definition) is 4. The van der Waals surface area contributed by atoms with Crippen molar-refractivity contribution in [3.63, 3.8) is 0 Å². The summed E-state index contributed by atoms with van der Waals surface area (Å²) in [5.41, 5.74) is 1.47. The number of carbonyl (C=O) groups is 2. The highest BCUT2D eigenvalue weighted by molar-refractivity contribution is 6.05. The summed E-state index contributed by atoms with van der Waals surface area (Å²) in [6, 6.07) is 34.9. The molecule has 4 rings (SSSR count). The van der Waals surface area contributed by atoms with E-state index in [2.05, 4.69) is 38.1 Å². The Bertz CT molecular complexity index is 1340. The average molecular weight is 565 g/mol. The number of hydrogen-bond donors (Lipinski definition) is 1. The Morgan fingerprint density at radius 3 is 1.19 bits per heavy atom. The highest BCUT2D eigenvalue weighted by Gasteiger charge is 2.56. The van der Waals surface area contributed by atoms with Gasteiger partial charge < -0.3 is 14.4 Å². The van der Waals surface area contributed by atoms with Gasteiger partial charge in [0.15, 0.2) is 11.1 Å². The van der Waals surface area contributed by atoms with Crippen molar-refractivity contribution in [2.75, 3.05) is 21.3 Å². The van der Waals surface area contributed by atoms with E-state index in [1.54, 1.807) is 14.2 Å². The Morgan fingerprint density at radius 1 is 0.571 bits per heavy atom. The lowest BCUT2D eigenvalue weighted by atomic mass is 9.72. The van der Waals surface area contributed by atoms with E-state index < -0.39 is 11.1 Å². The van der Waals surface area contributed by atoms with Crippen molar-refractivity contribution in [1.82, 2.24) is 0 Å². The summed E-state index contributed by atoms with van der Waals surface area (Å²) < 4.78 is 10.7. The molecule has 0 aliphatic carbocycles. The number of quaternary nitrogens is 1. The van der Waals surface area contributed by atoms with Crippen LogP contribution in [0.15, 0.2) is 109 Å². The molecule has 1 N–H and O–H groups in total. The number of Topliss-reactive ketones (excluding diaryl/α,β-unsaturated/α-hetero) is 2. The largest absolute Gasteiger partial charge is 0.497 e. The molecular weight excluding hydrogens is 522 g/mol. The van der Waals surface area contributed by atoms with Crippen LogP contribution < -0.4 is 14.4 Å². The first-order chi connectivity index (χ1) is 20.3. The van der Waals surface area contributed by atoms with Gasteiger partial charge in [-0.05, 0) is 59.7 Å². The molecule has 0 saturated heterocycles. The fourth-order valence-electron chi connectivity index (χ4n) is 6.25. The van der Waals surface area contributed by atoms with Crippen LogP contribution in [0.1, 0.15) is 58.5 Å². The van der Waals surface area contributed by atoms with Crippen LogP contribution in [0.2, 0.25) is 0 Å². The zero-order chi connectivity index (χ0) is 30.2. The van der Waals surface area contributed by atoms with Gasteiger partial charge in [0, 0.05) is 36.8 Å². The van der Waals surface area contributed by atoms with Crippen LogP contribution in [0.4, 0.5) is 0 Å². The Balaban J connectivity index is 1.92. The molecule has 0 radical (unpaired) electrons. The van der Waals surface area contributed by atoms with Gasteiger partial charge in [-0.25, -0.2) is 0 Å². The molecule has 0 amide bonds. The van der Waals surface area contributed by atoms with Crippen molar-refractivity contribution in [3.8, 4) is 11.5 Å². The van der Waals surface area contributed by atoms with Crippen molar-refractivity contribution in [1.29, 1.82) is 0 Å². The monoisotopic (exact) mass is 564 g/mol. The summed E-state index contributed by atoms with van der Waals surface area (Å²) in [6.07, 6.45) is 2.08. The molecule has 4 aromatic carbocycles. The Morgan fingerprint density at radius 2 is 0.905 bits per heavy atom. The molecule has 0 heterocycles. The van der Waals surface area contributed by atoms with Gasteiger partial charge in [0.05, 0.1) is 21.3 Å². The second kappa shape index (κ2) is 13.6. The van der Waals surface area contributed by atoms with Gasteiger partial charge in [-0.3, -0.25) is 9.59 Å². The van der Waals surface area contributed by atoms with Crippen molar-refractivity contribution >= 4 is 11.6 Å². The predicted octanol–water partition coefficient (Wildman–Crippen LogP) is 6.07. The van der Waals surface area contributed by atoms with Crippen LogP contribution >= 0.6 is 0 Å². The molecular formula is C37H42NO4+. The molecule has 5 nitrogen and oxygen atoms in total. The third kappa shape index (κ3) is 6.17. The molecule has 2 atom stereocenters. The SMILES string of the molecule is CCC(Cc1ccccc1)(C(=O)c1ccc(OC)cc1)[NH+](C)C(CC)(Cc1ccccc1)C(=O)c1ccc(OC)cc1. The number of carbonyl (C=O) groups excluding carboxylic acids is 2. The lowest BCUT2D eigenvalue weighted by Gasteiger charge is -2.48. The topological polar surface area (TPSA) is 57.0 Å². The molecule has 0 aliphatic rings. The van der Waals surface area contributed by atoms with E-state index in [1.165, 1.54) is 0 Å². The maximum absolute atomic E-state index is 14.8. The maximum atomic E-state index is 14.8. The lowest BCUT2D eigenvalue weighted by Crippen LogP contribution is -3.27. The van der Waals surface area contributed by atoms with E-state index in [0.29, 0.717) is 48.3 Å². The van der Waals surface area contributed by atoms with E-state index in [1.807, 2.05) is 92.0 Å². The lowest BCUT2D eigenvalue weighted by molar-refractivity contribution is -0.963. The van der Waals surface area contributed by atoms with Crippen molar-refractivity contribution in [3.05, 3.63) is 131 Å². The van der Waals surface area contributed by atoms with E-state index in [9.17, 15) is 9.59 Å². The summed E-state index contributed by atoms with van der Waals surface area (Å²) >= 11 is 0. The summed E-state index contributed by atoms with van der Waals surface area (Å²) in [4.78, 5) is 30.5. The standard InChI is InChI=1S/C37H41NO4/c1-6-36(26-28-14-10-8-11-15-28,34(39)30-18-22-32(41-4)23-19-30)38(3)37(7-2,27-29-16-12-9-13-17-29)35(40)31-20-24-33(42-5)25-21-31/h8-25H,6-7,26-27H2,1-5H3/p+1. The molecule has 42 heavy (non-hydrogen) atoms. The van der Waals surface area contributed by atoms with Crippen molar-refractivity contribution in [2.45, 2.75) is 50.6 Å².